The van der Waals surface area contributed by atoms with Crippen molar-refractivity contribution in [2.24, 2.45) is 0 Å². The van der Waals surface area contributed by atoms with E-state index in [9.17, 15) is 4.39 Å². The maximum atomic E-state index is 14.6. The van der Waals surface area contributed by atoms with Crippen LogP contribution in [0.2, 0.25) is 5.02 Å². The first-order chi connectivity index (χ1) is 15.0. The third-order valence-corrected chi connectivity index (χ3v) is 5.32. The van der Waals surface area contributed by atoms with Crippen LogP contribution in [0.25, 0.3) is 22.3 Å². The molecular formula is C25H24ClFN4. The molecule has 0 saturated heterocycles. The Morgan fingerprint density at radius 3 is 2.35 bits per heavy atom. The average Bonchev–Trinajstić information content (AvgIpc) is 2.76. The van der Waals surface area contributed by atoms with Gasteiger partial charge in [-0.1, -0.05) is 54.1 Å². The minimum Gasteiger partial charge on any atom is -0.350 e. The molecule has 6 heteroatoms. The topological polar surface area (TPSA) is 32.3 Å². The Labute approximate surface area is 186 Å². The molecule has 0 aliphatic heterocycles. The summed E-state index contributed by atoms with van der Waals surface area (Å²) < 4.78 is 14.6. The van der Waals surface area contributed by atoms with Gasteiger partial charge < -0.3 is 9.80 Å². The van der Waals surface area contributed by atoms with Crippen molar-refractivity contribution in [3.05, 3.63) is 89.2 Å². The first-order valence-electron chi connectivity index (χ1n) is 10.2. The van der Waals surface area contributed by atoms with E-state index < -0.39 is 0 Å². The molecule has 4 nitrogen and oxygen atoms in total. The molecule has 0 N–H and O–H groups in total. The highest BCUT2D eigenvalue weighted by atomic mass is 35.5. The van der Waals surface area contributed by atoms with Crippen LogP contribution >= 0.6 is 11.6 Å². The summed E-state index contributed by atoms with van der Waals surface area (Å²) in [5.41, 5.74) is 2.24. The summed E-state index contributed by atoms with van der Waals surface area (Å²) in [5.74, 6) is 0.772. The quantitative estimate of drug-likeness (QED) is 0.376. The van der Waals surface area contributed by atoms with Crippen LogP contribution in [0, 0.1) is 5.82 Å². The smallest absolute Gasteiger partial charge is 0.165 e. The zero-order valence-corrected chi connectivity index (χ0v) is 18.4. The Morgan fingerprint density at radius 2 is 1.61 bits per heavy atom. The van der Waals surface area contributed by atoms with Crippen molar-refractivity contribution in [2.45, 2.75) is 6.54 Å². The fourth-order valence-electron chi connectivity index (χ4n) is 3.47. The number of halogens is 2. The van der Waals surface area contributed by atoms with Crippen LogP contribution in [-0.4, -0.2) is 42.1 Å². The van der Waals surface area contributed by atoms with Gasteiger partial charge in [0.2, 0.25) is 0 Å². The first-order valence-corrected chi connectivity index (χ1v) is 10.5. The molecule has 1 heterocycles. The maximum absolute atomic E-state index is 14.6. The molecule has 0 unspecified atom stereocenters. The Morgan fingerprint density at radius 1 is 0.871 bits per heavy atom. The lowest BCUT2D eigenvalue weighted by molar-refractivity contribution is 0.412. The summed E-state index contributed by atoms with van der Waals surface area (Å²) in [7, 11) is 4.09. The molecule has 158 valence electrons. The van der Waals surface area contributed by atoms with Gasteiger partial charge in [0.15, 0.2) is 5.82 Å². The Balaban J connectivity index is 1.87. The summed E-state index contributed by atoms with van der Waals surface area (Å²) >= 11 is 6.26. The van der Waals surface area contributed by atoms with E-state index in [0.717, 1.165) is 24.3 Å². The van der Waals surface area contributed by atoms with E-state index in [4.69, 9.17) is 16.6 Å². The second-order valence-corrected chi connectivity index (χ2v) is 8.16. The van der Waals surface area contributed by atoms with Crippen molar-refractivity contribution in [1.82, 2.24) is 14.9 Å². The molecule has 0 amide bonds. The normalized spacial score (nSPS) is 11.3. The zero-order chi connectivity index (χ0) is 21.8. The van der Waals surface area contributed by atoms with Gasteiger partial charge in [0.05, 0.1) is 11.1 Å². The van der Waals surface area contributed by atoms with Gasteiger partial charge in [-0.2, -0.15) is 0 Å². The lowest BCUT2D eigenvalue weighted by Gasteiger charge is -2.27. The summed E-state index contributed by atoms with van der Waals surface area (Å²) in [6.07, 6.45) is 0. The number of rotatable bonds is 7. The molecule has 0 atom stereocenters. The lowest BCUT2D eigenvalue weighted by Crippen LogP contribution is -2.32. The number of aromatic nitrogens is 2. The van der Waals surface area contributed by atoms with Crippen LogP contribution in [-0.2, 0) is 6.54 Å². The van der Waals surface area contributed by atoms with E-state index in [1.54, 1.807) is 24.3 Å². The van der Waals surface area contributed by atoms with Crippen molar-refractivity contribution in [1.29, 1.82) is 0 Å². The molecule has 3 aromatic carbocycles. The first kappa shape index (κ1) is 21.2. The van der Waals surface area contributed by atoms with Crippen LogP contribution in [0.5, 0.6) is 0 Å². The van der Waals surface area contributed by atoms with Gasteiger partial charge in [-0.25, -0.2) is 14.4 Å². The summed E-state index contributed by atoms with van der Waals surface area (Å²) in [6.45, 7) is 2.29. The molecule has 4 aromatic rings. The van der Waals surface area contributed by atoms with E-state index in [0.29, 0.717) is 28.5 Å². The number of hydrogen-bond acceptors (Lipinski definition) is 4. The predicted molar refractivity (Wildman–Crippen MR) is 126 cm³/mol. The third-order valence-electron chi connectivity index (χ3n) is 5.09. The molecule has 0 radical (unpaired) electrons. The van der Waals surface area contributed by atoms with Gasteiger partial charge in [-0.05, 0) is 50.0 Å². The van der Waals surface area contributed by atoms with E-state index >= 15 is 0 Å². The molecule has 0 bridgehead atoms. The molecule has 0 saturated carbocycles. The number of benzene rings is 3. The molecule has 0 aliphatic carbocycles. The minimum absolute atomic E-state index is 0.349. The summed E-state index contributed by atoms with van der Waals surface area (Å²) in [6, 6.07) is 22.4. The molecular weight excluding hydrogens is 411 g/mol. The molecule has 0 spiro atoms. The van der Waals surface area contributed by atoms with Crippen molar-refractivity contribution < 1.29 is 4.39 Å². The monoisotopic (exact) mass is 434 g/mol. The second-order valence-electron chi connectivity index (χ2n) is 7.72. The average molecular weight is 435 g/mol. The SMILES string of the molecule is CN(C)CCN(Cc1ccccc1)c1nc(-c2ccccc2F)nc2cc(Cl)ccc12. The van der Waals surface area contributed by atoms with Gasteiger partial charge in [0.1, 0.15) is 11.6 Å². The van der Waals surface area contributed by atoms with Crippen LogP contribution in [0.4, 0.5) is 10.2 Å². The standard InChI is InChI=1S/C25H24ClFN4/c1-30(2)14-15-31(17-18-8-4-3-5-9-18)25-21-13-12-19(26)16-23(21)28-24(29-25)20-10-6-7-11-22(20)27/h3-13,16H,14-15,17H2,1-2H3. The number of hydrogen-bond donors (Lipinski definition) is 0. The number of anilines is 1. The van der Waals surface area contributed by atoms with E-state index in [1.165, 1.54) is 11.6 Å². The van der Waals surface area contributed by atoms with Crippen LogP contribution < -0.4 is 4.90 Å². The van der Waals surface area contributed by atoms with Crippen LogP contribution in [0.3, 0.4) is 0 Å². The van der Waals surface area contributed by atoms with Crippen molar-refractivity contribution >= 4 is 28.3 Å². The fourth-order valence-corrected chi connectivity index (χ4v) is 3.64. The van der Waals surface area contributed by atoms with Crippen molar-refractivity contribution in [2.75, 3.05) is 32.1 Å². The van der Waals surface area contributed by atoms with Gasteiger partial charge in [-0.3, -0.25) is 0 Å². The maximum Gasteiger partial charge on any atom is 0.165 e. The molecule has 0 fully saturated rings. The Bertz CT molecular complexity index is 1180. The minimum atomic E-state index is -0.349. The molecule has 1 aromatic heterocycles. The number of likely N-dealkylation sites (N-methyl/N-ethyl adjacent to an activating group) is 1. The second kappa shape index (κ2) is 9.41. The summed E-state index contributed by atoms with van der Waals surface area (Å²) in [4.78, 5) is 13.8. The van der Waals surface area contributed by atoms with E-state index in [1.807, 2.05) is 44.4 Å². The number of nitrogens with zero attached hydrogens (tertiary/aromatic N) is 4. The molecule has 0 aliphatic rings. The van der Waals surface area contributed by atoms with E-state index in [2.05, 4.69) is 26.9 Å². The van der Waals surface area contributed by atoms with Gasteiger partial charge in [-0.15, -0.1) is 0 Å². The highest BCUT2D eigenvalue weighted by Crippen LogP contribution is 2.31. The summed E-state index contributed by atoms with van der Waals surface area (Å²) in [5, 5.41) is 1.47. The fraction of sp³-hybridized carbons (Fsp3) is 0.200. The highest BCUT2D eigenvalue weighted by Gasteiger charge is 2.18. The van der Waals surface area contributed by atoms with Crippen LogP contribution in [0.1, 0.15) is 5.56 Å². The van der Waals surface area contributed by atoms with Gasteiger partial charge in [0.25, 0.3) is 0 Å². The Hall–Kier alpha value is -3.02. The van der Waals surface area contributed by atoms with Gasteiger partial charge in [0, 0.05) is 30.0 Å². The Kier molecular flexibility index (Phi) is 6.44. The van der Waals surface area contributed by atoms with Crippen molar-refractivity contribution in [3.8, 4) is 11.4 Å². The predicted octanol–water partition coefficient (Wildman–Crippen LogP) is 5.66. The highest BCUT2D eigenvalue weighted by molar-refractivity contribution is 6.31. The third kappa shape index (κ3) is 5.01. The molecule has 31 heavy (non-hydrogen) atoms. The number of fused-ring (bicyclic) bond motifs is 1. The zero-order valence-electron chi connectivity index (χ0n) is 17.6. The van der Waals surface area contributed by atoms with Gasteiger partial charge >= 0.3 is 0 Å². The van der Waals surface area contributed by atoms with E-state index in [-0.39, 0.29) is 5.82 Å². The van der Waals surface area contributed by atoms with Crippen LogP contribution in [0.15, 0.2) is 72.8 Å². The largest absolute Gasteiger partial charge is 0.350 e. The lowest BCUT2D eigenvalue weighted by atomic mass is 10.1. The molecule has 4 rings (SSSR count). The van der Waals surface area contributed by atoms with Crippen molar-refractivity contribution in [3.63, 3.8) is 0 Å².